The van der Waals surface area contributed by atoms with Crippen LogP contribution in [0.15, 0.2) is 53.6 Å². The van der Waals surface area contributed by atoms with E-state index in [0.29, 0.717) is 6.61 Å². The molecule has 112 valence electrons. The molecule has 5 heteroatoms. The lowest BCUT2D eigenvalue weighted by Crippen LogP contribution is -2.01. The second kappa shape index (κ2) is 6.58. The summed E-state index contributed by atoms with van der Waals surface area (Å²) in [5.41, 5.74) is 2.07. The Labute approximate surface area is 133 Å². The molecule has 0 bridgehead atoms. The summed E-state index contributed by atoms with van der Waals surface area (Å²) < 4.78 is 6.99. The number of thiazole rings is 1. The molecule has 4 nitrogen and oxygen atoms in total. The number of ether oxygens (including phenoxy) is 1. The van der Waals surface area contributed by atoms with E-state index >= 15 is 0 Å². The van der Waals surface area contributed by atoms with E-state index in [1.807, 2.05) is 62.8 Å². The number of hydrazone groups is 1. The summed E-state index contributed by atoms with van der Waals surface area (Å²) >= 11 is 1.67. The van der Waals surface area contributed by atoms with Crippen LogP contribution in [0.5, 0.6) is 5.75 Å². The van der Waals surface area contributed by atoms with Gasteiger partial charge in [0.15, 0.2) is 0 Å². The molecule has 1 aromatic heterocycles. The van der Waals surface area contributed by atoms with Crippen molar-refractivity contribution < 1.29 is 4.74 Å². The van der Waals surface area contributed by atoms with Crippen molar-refractivity contribution in [2.75, 3.05) is 14.1 Å². The van der Waals surface area contributed by atoms with Crippen LogP contribution in [0.4, 0.5) is 0 Å². The largest absolute Gasteiger partial charge is 0.486 e. The summed E-state index contributed by atoms with van der Waals surface area (Å²) in [5, 5.41) is 6.95. The van der Waals surface area contributed by atoms with Crippen LogP contribution in [0.3, 0.4) is 0 Å². The average Bonchev–Trinajstić information content (AvgIpc) is 2.95. The van der Waals surface area contributed by atoms with Crippen LogP contribution in [-0.4, -0.2) is 30.3 Å². The molecule has 0 unspecified atom stereocenters. The van der Waals surface area contributed by atoms with Gasteiger partial charge in [-0.15, -0.1) is 11.3 Å². The SMILES string of the molecule is CN(C)N=Cc1ccc(OCc2nc3ccccc3s2)cc1. The third kappa shape index (κ3) is 3.62. The van der Waals surface area contributed by atoms with Gasteiger partial charge >= 0.3 is 0 Å². The molecule has 0 saturated heterocycles. The fraction of sp³-hybridized carbons (Fsp3) is 0.176. The third-order valence-corrected chi connectivity index (χ3v) is 4.03. The van der Waals surface area contributed by atoms with Crippen molar-refractivity contribution in [2.45, 2.75) is 6.61 Å². The Bertz CT molecular complexity index is 745. The first-order valence-electron chi connectivity index (χ1n) is 6.99. The number of para-hydroxylation sites is 1. The second-order valence-electron chi connectivity index (χ2n) is 5.02. The highest BCUT2D eigenvalue weighted by Crippen LogP contribution is 2.23. The average molecular weight is 311 g/mol. The highest BCUT2D eigenvalue weighted by atomic mass is 32.1. The minimum atomic E-state index is 0.491. The Hall–Kier alpha value is -2.40. The van der Waals surface area contributed by atoms with Crippen molar-refractivity contribution in [3.05, 3.63) is 59.1 Å². The van der Waals surface area contributed by atoms with E-state index in [4.69, 9.17) is 4.74 Å². The van der Waals surface area contributed by atoms with Gasteiger partial charge in [0.05, 0.1) is 16.4 Å². The van der Waals surface area contributed by atoms with Gasteiger partial charge in [-0.05, 0) is 42.0 Å². The quantitative estimate of drug-likeness (QED) is 0.532. The van der Waals surface area contributed by atoms with E-state index in [1.54, 1.807) is 16.3 Å². The van der Waals surface area contributed by atoms with E-state index < -0.39 is 0 Å². The molecule has 0 atom stereocenters. The predicted molar refractivity (Wildman–Crippen MR) is 91.7 cm³/mol. The van der Waals surface area contributed by atoms with Crippen LogP contribution in [0, 0.1) is 0 Å². The summed E-state index contributed by atoms with van der Waals surface area (Å²) in [6.45, 7) is 0.491. The molecule has 0 aliphatic heterocycles. The third-order valence-electron chi connectivity index (χ3n) is 3.02. The molecule has 2 aromatic carbocycles. The van der Waals surface area contributed by atoms with Crippen molar-refractivity contribution in [3.8, 4) is 5.75 Å². The number of rotatable bonds is 5. The molecule has 0 saturated carbocycles. The van der Waals surface area contributed by atoms with E-state index in [-0.39, 0.29) is 0 Å². The Kier molecular flexibility index (Phi) is 4.34. The van der Waals surface area contributed by atoms with Crippen LogP contribution in [0.2, 0.25) is 0 Å². The molecule has 22 heavy (non-hydrogen) atoms. The summed E-state index contributed by atoms with van der Waals surface area (Å²) in [6, 6.07) is 16.0. The fourth-order valence-electron chi connectivity index (χ4n) is 1.96. The summed E-state index contributed by atoms with van der Waals surface area (Å²) in [4.78, 5) is 4.56. The van der Waals surface area contributed by atoms with Crippen molar-refractivity contribution in [2.24, 2.45) is 5.10 Å². The van der Waals surface area contributed by atoms with Crippen molar-refractivity contribution in [3.63, 3.8) is 0 Å². The molecule has 0 aliphatic carbocycles. The first-order valence-corrected chi connectivity index (χ1v) is 7.81. The van der Waals surface area contributed by atoms with Gasteiger partial charge in [0.1, 0.15) is 17.4 Å². The molecular formula is C17H17N3OS. The van der Waals surface area contributed by atoms with Crippen LogP contribution < -0.4 is 4.74 Å². The zero-order valence-corrected chi connectivity index (χ0v) is 13.4. The van der Waals surface area contributed by atoms with Crippen LogP contribution in [0.1, 0.15) is 10.6 Å². The molecule has 3 aromatic rings. The van der Waals surface area contributed by atoms with Gasteiger partial charge in [-0.3, -0.25) is 0 Å². The Morgan fingerprint density at radius 1 is 1.14 bits per heavy atom. The summed E-state index contributed by atoms with van der Waals surface area (Å²) in [6.07, 6.45) is 1.82. The van der Waals surface area contributed by atoms with Crippen molar-refractivity contribution in [1.82, 2.24) is 9.99 Å². The second-order valence-corrected chi connectivity index (χ2v) is 6.14. The van der Waals surface area contributed by atoms with Gasteiger partial charge in [-0.25, -0.2) is 4.98 Å². The van der Waals surface area contributed by atoms with Crippen molar-refractivity contribution in [1.29, 1.82) is 0 Å². The van der Waals surface area contributed by atoms with E-state index in [0.717, 1.165) is 21.8 Å². The van der Waals surface area contributed by atoms with Gasteiger partial charge in [0, 0.05) is 14.1 Å². The van der Waals surface area contributed by atoms with Crippen LogP contribution in [0.25, 0.3) is 10.2 Å². The van der Waals surface area contributed by atoms with Crippen molar-refractivity contribution >= 4 is 27.8 Å². The smallest absolute Gasteiger partial charge is 0.140 e. The topological polar surface area (TPSA) is 37.7 Å². The number of hydrogen-bond acceptors (Lipinski definition) is 5. The Morgan fingerprint density at radius 2 is 1.91 bits per heavy atom. The maximum absolute atomic E-state index is 5.80. The highest BCUT2D eigenvalue weighted by molar-refractivity contribution is 7.18. The molecule has 1 heterocycles. The molecule has 0 N–H and O–H groups in total. The molecule has 0 fully saturated rings. The van der Waals surface area contributed by atoms with Gasteiger partial charge in [0.2, 0.25) is 0 Å². The number of aromatic nitrogens is 1. The standard InChI is InChI=1S/C17H17N3OS/c1-20(2)18-11-13-7-9-14(10-8-13)21-12-17-19-15-5-3-4-6-16(15)22-17/h3-11H,12H2,1-2H3. The number of benzene rings is 2. The zero-order valence-electron chi connectivity index (χ0n) is 12.6. The molecule has 0 radical (unpaired) electrons. The lowest BCUT2D eigenvalue weighted by Gasteiger charge is -2.05. The van der Waals surface area contributed by atoms with Gasteiger partial charge in [-0.1, -0.05) is 12.1 Å². The minimum absolute atomic E-state index is 0.491. The van der Waals surface area contributed by atoms with Gasteiger partial charge < -0.3 is 9.75 Å². The lowest BCUT2D eigenvalue weighted by atomic mass is 10.2. The highest BCUT2D eigenvalue weighted by Gasteiger charge is 2.03. The van der Waals surface area contributed by atoms with E-state index in [1.165, 1.54) is 4.70 Å². The lowest BCUT2D eigenvalue weighted by molar-refractivity contribution is 0.306. The fourth-order valence-corrected chi connectivity index (χ4v) is 2.84. The monoisotopic (exact) mass is 311 g/mol. The summed E-state index contributed by atoms with van der Waals surface area (Å²) in [7, 11) is 3.79. The molecule has 0 aliphatic rings. The Morgan fingerprint density at radius 3 is 2.64 bits per heavy atom. The molecular weight excluding hydrogens is 294 g/mol. The predicted octanol–water partition coefficient (Wildman–Crippen LogP) is 3.77. The molecule has 3 rings (SSSR count). The van der Waals surface area contributed by atoms with Gasteiger partial charge in [0.25, 0.3) is 0 Å². The summed E-state index contributed by atoms with van der Waals surface area (Å²) in [5.74, 6) is 0.834. The number of hydrogen-bond donors (Lipinski definition) is 0. The molecule has 0 spiro atoms. The van der Waals surface area contributed by atoms with Crippen LogP contribution in [-0.2, 0) is 6.61 Å². The Balaban J connectivity index is 1.63. The first-order chi connectivity index (χ1) is 10.7. The van der Waals surface area contributed by atoms with Gasteiger partial charge in [-0.2, -0.15) is 5.10 Å². The van der Waals surface area contributed by atoms with E-state index in [2.05, 4.69) is 16.2 Å². The normalized spacial score (nSPS) is 11.2. The van der Waals surface area contributed by atoms with E-state index in [9.17, 15) is 0 Å². The zero-order chi connectivity index (χ0) is 15.4. The maximum atomic E-state index is 5.80. The number of nitrogens with zero attached hydrogens (tertiary/aromatic N) is 3. The van der Waals surface area contributed by atoms with Crippen LogP contribution >= 0.6 is 11.3 Å². The maximum Gasteiger partial charge on any atom is 0.140 e. The molecule has 0 amide bonds. The minimum Gasteiger partial charge on any atom is -0.486 e. The number of fused-ring (bicyclic) bond motifs is 1. The first kappa shape index (κ1) is 14.5.